The Morgan fingerprint density at radius 3 is 2.47 bits per heavy atom. The second-order valence-corrected chi connectivity index (χ2v) is 5.34. The lowest BCUT2D eigenvalue weighted by Gasteiger charge is -2.12. The van der Waals surface area contributed by atoms with Crippen molar-refractivity contribution in [3.8, 4) is 0 Å². The molecule has 1 aromatic heterocycles. The molecule has 0 atom stereocenters. The highest BCUT2D eigenvalue weighted by atomic mass is 35.5. The van der Waals surface area contributed by atoms with E-state index in [9.17, 15) is 4.79 Å². The highest BCUT2D eigenvalue weighted by molar-refractivity contribution is 6.31. The number of nitrogen functional groups attached to an aromatic ring is 1. The molecule has 0 bridgehead atoms. The normalized spacial score (nSPS) is 11.2. The van der Waals surface area contributed by atoms with Crippen molar-refractivity contribution in [3.05, 3.63) is 50.9 Å². The summed E-state index contributed by atoms with van der Waals surface area (Å²) in [5.41, 5.74) is 7.84. The van der Waals surface area contributed by atoms with Crippen LogP contribution in [0.25, 0.3) is 0 Å². The van der Waals surface area contributed by atoms with Gasteiger partial charge in [0.05, 0.1) is 12.2 Å². The van der Waals surface area contributed by atoms with E-state index in [4.69, 9.17) is 17.3 Å². The number of hydrogen-bond acceptors (Lipinski definition) is 2. The zero-order valence-electron chi connectivity index (χ0n) is 11.4. The molecular formula is C14H18ClN3O. The fraction of sp³-hybridized carbons (Fsp3) is 0.357. The highest BCUT2D eigenvalue weighted by Crippen LogP contribution is 2.20. The molecule has 0 spiro atoms. The van der Waals surface area contributed by atoms with Crippen LogP contribution in [-0.2, 0) is 13.6 Å². The van der Waals surface area contributed by atoms with Crippen molar-refractivity contribution in [2.75, 3.05) is 5.73 Å². The van der Waals surface area contributed by atoms with E-state index in [-0.39, 0.29) is 11.5 Å². The van der Waals surface area contributed by atoms with Crippen LogP contribution in [0.1, 0.15) is 31.0 Å². The van der Waals surface area contributed by atoms with Gasteiger partial charge in [0, 0.05) is 12.1 Å². The van der Waals surface area contributed by atoms with Crippen molar-refractivity contribution in [2.45, 2.75) is 26.3 Å². The number of benzene rings is 1. The van der Waals surface area contributed by atoms with E-state index in [1.807, 2.05) is 49.8 Å². The molecule has 2 rings (SSSR count). The SMILES string of the molecule is CC(C)c1c(N)c(=O)n(Cc2ccccc2Cl)n1C. The molecule has 0 saturated heterocycles. The maximum Gasteiger partial charge on any atom is 0.290 e. The summed E-state index contributed by atoms with van der Waals surface area (Å²) < 4.78 is 3.44. The van der Waals surface area contributed by atoms with Crippen LogP contribution in [-0.4, -0.2) is 9.36 Å². The summed E-state index contributed by atoms with van der Waals surface area (Å²) in [6, 6.07) is 7.50. The fourth-order valence-electron chi connectivity index (χ4n) is 2.34. The van der Waals surface area contributed by atoms with E-state index in [0.717, 1.165) is 11.3 Å². The molecule has 0 amide bonds. The molecular weight excluding hydrogens is 262 g/mol. The van der Waals surface area contributed by atoms with Crippen LogP contribution in [0.15, 0.2) is 29.1 Å². The van der Waals surface area contributed by atoms with Crippen LogP contribution in [0.4, 0.5) is 5.69 Å². The number of nitrogens with two attached hydrogens (primary N) is 1. The van der Waals surface area contributed by atoms with Gasteiger partial charge >= 0.3 is 0 Å². The monoisotopic (exact) mass is 279 g/mol. The first kappa shape index (κ1) is 13.7. The molecule has 19 heavy (non-hydrogen) atoms. The van der Waals surface area contributed by atoms with E-state index >= 15 is 0 Å². The summed E-state index contributed by atoms with van der Waals surface area (Å²) in [4.78, 5) is 12.2. The third kappa shape index (κ3) is 2.40. The van der Waals surface area contributed by atoms with Crippen molar-refractivity contribution in [1.82, 2.24) is 9.36 Å². The molecule has 0 unspecified atom stereocenters. The first-order valence-electron chi connectivity index (χ1n) is 6.22. The fourth-order valence-corrected chi connectivity index (χ4v) is 2.54. The van der Waals surface area contributed by atoms with Crippen LogP contribution < -0.4 is 11.3 Å². The predicted molar refractivity (Wildman–Crippen MR) is 78.7 cm³/mol. The molecule has 0 aliphatic heterocycles. The Labute approximate surface area is 117 Å². The zero-order valence-corrected chi connectivity index (χ0v) is 12.1. The van der Waals surface area contributed by atoms with Crippen molar-refractivity contribution < 1.29 is 0 Å². The van der Waals surface area contributed by atoms with Gasteiger partial charge in [-0.1, -0.05) is 43.6 Å². The summed E-state index contributed by atoms with van der Waals surface area (Å²) in [5.74, 6) is 0.199. The topological polar surface area (TPSA) is 53.0 Å². The van der Waals surface area contributed by atoms with Crippen molar-refractivity contribution in [2.24, 2.45) is 7.05 Å². The molecule has 0 radical (unpaired) electrons. The molecule has 0 saturated carbocycles. The summed E-state index contributed by atoms with van der Waals surface area (Å²) >= 11 is 6.13. The van der Waals surface area contributed by atoms with E-state index in [0.29, 0.717) is 17.3 Å². The quantitative estimate of drug-likeness (QED) is 0.939. The number of rotatable bonds is 3. The van der Waals surface area contributed by atoms with Crippen LogP contribution >= 0.6 is 11.6 Å². The van der Waals surface area contributed by atoms with Crippen LogP contribution in [0.5, 0.6) is 0 Å². The Kier molecular flexibility index (Phi) is 3.71. The average Bonchev–Trinajstić information content (AvgIpc) is 2.56. The molecule has 1 heterocycles. The molecule has 102 valence electrons. The average molecular weight is 280 g/mol. The van der Waals surface area contributed by atoms with Gasteiger partial charge in [0.25, 0.3) is 5.56 Å². The summed E-state index contributed by atoms with van der Waals surface area (Å²) in [7, 11) is 1.85. The Morgan fingerprint density at radius 1 is 1.32 bits per heavy atom. The lowest BCUT2D eigenvalue weighted by atomic mass is 10.1. The van der Waals surface area contributed by atoms with Gasteiger partial charge in [0.15, 0.2) is 0 Å². The van der Waals surface area contributed by atoms with E-state index in [2.05, 4.69) is 0 Å². The van der Waals surface area contributed by atoms with E-state index in [1.165, 1.54) is 0 Å². The number of halogens is 1. The second-order valence-electron chi connectivity index (χ2n) is 4.93. The molecule has 0 fully saturated rings. The minimum absolute atomic E-state index is 0.161. The zero-order chi connectivity index (χ0) is 14.2. The third-order valence-corrected chi connectivity index (χ3v) is 3.65. The van der Waals surface area contributed by atoms with Crippen LogP contribution in [0, 0.1) is 0 Å². The maximum atomic E-state index is 12.2. The Bertz CT molecular complexity index is 655. The highest BCUT2D eigenvalue weighted by Gasteiger charge is 2.18. The third-order valence-electron chi connectivity index (χ3n) is 3.28. The lowest BCUT2D eigenvalue weighted by Crippen LogP contribution is -2.23. The molecule has 2 N–H and O–H groups in total. The second kappa shape index (κ2) is 5.13. The van der Waals surface area contributed by atoms with Gasteiger partial charge in [0.2, 0.25) is 0 Å². The summed E-state index contributed by atoms with van der Waals surface area (Å²) in [6.45, 7) is 4.46. The van der Waals surface area contributed by atoms with Crippen LogP contribution in [0.2, 0.25) is 5.02 Å². The number of nitrogens with zero attached hydrogens (tertiary/aromatic N) is 2. The smallest absolute Gasteiger partial charge is 0.290 e. The van der Waals surface area contributed by atoms with Gasteiger partial charge in [-0.25, -0.2) is 4.68 Å². The van der Waals surface area contributed by atoms with Gasteiger partial charge in [0.1, 0.15) is 5.69 Å². The Hall–Kier alpha value is -1.68. The van der Waals surface area contributed by atoms with Gasteiger partial charge in [-0.3, -0.25) is 9.48 Å². The minimum atomic E-state index is -0.161. The molecule has 5 heteroatoms. The van der Waals surface area contributed by atoms with E-state index in [1.54, 1.807) is 4.68 Å². The van der Waals surface area contributed by atoms with Gasteiger partial charge < -0.3 is 5.73 Å². The summed E-state index contributed by atoms with van der Waals surface area (Å²) in [6.07, 6.45) is 0. The minimum Gasteiger partial charge on any atom is -0.393 e. The van der Waals surface area contributed by atoms with Gasteiger partial charge in [-0.2, -0.15) is 0 Å². The van der Waals surface area contributed by atoms with Gasteiger partial charge in [-0.15, -0.1) is 0 Å². The van der Waals surface area contributed by atoms with E-state index < -0.39 is 0 Å². The van der Waals surface area contributed by atoms with Crippen LogP contribution in [0.3, 0.4) is 0 Å². The molecule has 1 aromatic carbocycles. The molecule has 4 nitrogen and oxygen atoms in total. The van der Waals surface area contributed by atoms with Crippen molar-refractivity contribution in [1.29, 1.82) is 0 Å². The summed E-state index contributed by atoms with van der Waals surface area (Å²) in [5, 5.41) is 0.653. The Balaban J connectivity index is 2.51. The van der Waals surface area contributed by atoms with Gasteiger partial charge in [-0.05, 0) is 17.5 Å². The molecule has 0 aliphatic carbocycles. The van der Waals surface area contributed by atoms with Crippen molar-refractivity contribution >= 4 is 17.3 Å². The number of anilines is 1. The largest absolute Gasteiger partial charge is 0.393 e. The lowest BCUT2D eigenvalue weighted by molar-refractivity contribution is 0.509. The predicted octanol–water partition coefficient (Wildman–Crippen LogP) is 2.59. The molecule has 0 aliphatic rings. The first-order valence-corrected chi connectivity index (χ1v) is 6.59. The number of hydrogen-bond donors (Lipinski definition) is 1. The molecule has 2 aromatic rings. The Morgan fingerprint density at radius 2 is 1.95 bits per heavy atom. The first-order chi connectivity index (χ1) is 8.93. The standard InChI is InChI=1S/C14H18ClN3O/c1-9(2)13-12(16)14(19)18(17(13)3)8-10-6-4-5-7-11(10)15/h4-7,9H,8,16H2,1-3H3. The van der Waals surface area contributed by atoms with Crippen molar-refractivity contribution in [3.63, 3.8) is 0 Å². The number of aromatic nitrogens is 2. The maximum absolute atomic E-state index is 12.2.